The lowest BCUT2D eigenvalue weighted by atomic mass is 9.52. The standard InChI is InChI=1S/C20H29NO/c1-3-21(14-15-4-6-19(22-2)7-5-15)20-11-16-8-17(12-20)10-18(9-16)13-20/h4-7,16-18H,3,8-14H2,1-2H3. The quantitative estimate of drug-likeness (QED) is 0.794. The fraction of sp³-hybridized carbons (Fsp3) is 0.700. The largest absolute Gasteiger partial charge is 0.497 e. The van der Waals surface area contributed by atoms with Crippen LogP contribution in [0.5, 0.6) is 5.75 Å². The number of hydrogen-bond donors (Lipinski definition) is 0. The van der Waals surface area contributed by atoms with Gasteiger partial charge in [-0.15, -0.1) is 0 Å². The summed E-state index contributed by atoms with van der Waals surface area (Å²) >= 11 is 0. The van der Waals surface area contributed by atoms with E-state index in [2.05, 4.69) is 36.1 Å². The Hall–Kier alpha value is -1.02. The van der Waals surface area contributed by atoms with Crippen LogP contribution in [-0.4, -0.2) is 24.1 Å². The maximum atomic E-state index is 5.29. The molecule has 0 N–H and O–H groups in total. The van der Waals surface area contributed by atoms with Crippen LogP contribution in [0.1, 0.15) is 51.0 Å². The van der Waals surface area contributed by atoms with Crippen molar-refractivity contribution in [2.45, 2.75) is 57.5 Å². The highest BCUT2D eigenvalue weighted by atomic mass is 16.5. The number of benzene rings is 1. The van der Waals surface area contributed by atoms with E-state index in [9.17, 15) is 0 Å². The van der Waals surface area contributed by atoms with Crippen molar-refractivity contribution in [2.24, 2.45) is 17.8 Å². The molecule has 4 aliphatic rings. The smallest absolute Gasteiger partial charge is 0.118 e. The molecule has 1 aromatic carbocycles. The van der Waals surface area contributed by atoms with Gasteiger partial charge in [0.25, 0.3) is 0 Å². The van der Waals surface area contributed by atoms with Gasteiger partial charge in [0.15, 0.2) is 0 Å². The first-order valence-electron chi connectivity index (χ1n) is 9.09. The van der Waals surface area contributed by atoms with Crippen LogP contribution in [0.15, 0.2) is 24.3 Å². The maximum Gasteiger partial charge on any atom is 0.118 e. The van der Waals surface area contributed by atoms with Crippen molar-refractivity contribution in [3.63, 3.8) is 0 Å². The van der Waals surface area contributed by atoms with Crippen LogP contribution < -0.4 is 4.74 Å². The summed E-state index contributed by atoms with van der Waals surface area (Å²) in [6.07, 6.45) is 8.97. The van der Waals surface area contributed by atoms with Crippen molar-refractivity contribution in [1.82, 2.24) is 4.90 Å². The minimum atomic E-state index is 0.517. The Bertz CT molecular complexity index is 486. The molecule has 0 atom stereocenters. The maximum absolute atomic E-state index is 5.29. The molecule has 4 aliphatic carbocycles. The average Bonchev–Trinajstić information content (AvgIpc) is 2.51. The van der Waals surface area contributed by atoms with Crippen LogP contribution in [0.2, 0.25) is 0 Å². The van der Waals surface area contributed by atoms with Gasteiger partial charge >= 0.3 is 0 Å². The molecule has 0 amide bonds. The lowest BCUT2D eigenvalue weighted by Gasteiger charge is -2.60. The summed E-state index contributed by atoms with van der Waals surface area (Å²) in [6.45, 7) is 4.63. The van der Waals surface area contributed by atoms with Gasteiger partial charge in [-0.2, -0.15) is 0 Å². The van der Waals surface area contributed by atoms with Gasteiger partial charge < -0.3 is 4.74 Å². The summed E-state index contributed by atoms with van der Waals surface area (Å²) in [7, 11) is 1.74. The molecule has 0 aromatic heterocycles. The van der Waals surface area contributed by atoms with Gasteiger partial charge in [-0.1, -0.05) is 19.1 Å². The Morgan fingerprint density at radius 1 is 1.00 bits per heavy atom. The molecule has 0 saturated heterocycles. The Kier molecular flexibility index (Phi) is 3.68. The molecule has 0 unspecified atom stereocenters. The number of methoxy groups -OCH3 is 1. The molecule has 2 nitrogen and oxygen atoms in total. The Morgan fingerprint density at radius 3 is 2.00 bits per heavy atom. The lowest BCUT2D eigenvalue weighted by molar-refractivity contribution is -0.0905. The van der Waals surface area contributed by atoms with Gasteiger partial charge in [0.2, 0.25) is 0 Å². The summed E-state index contributed by atoms with van der Waals surface area (Å²) in [6, 6.07) is 8.68. The lowest BCUT2D eigenvalue weighted by Crippen LogP contribution is -2.59. The normalized spacial score (nSPS) is 36.0. The van der Waals surface area contributed by atoms with Crippen LogP contribution in [0.3, 0.4) is 0 Å². The SMILES string of the molecule is CCN(Cc1ccc(OC)cc1)C12CC3CC(CC(C3)C1)C2. The van der Waals surface area contributed by atoms with Crippen molar-refractivity contribution in [1.29, 1.82) is 0 Å². The Labute approximate surface area is 134 Å². The molecular weight excluding hydrogens is 270 g/mol. The van der Waals surface area contributed by atoms with E-state index in [1.54, 1.807) is 7.11 Å². The number of nitrogens with zero attached hydrogens (tertiary/aromatic N) is 1. The third-order valence-corrected chi connectivity index (χ3v) is 6.59. The fourth-order valence-corrected chi connectivity index (χ4v) is 6.02. The van der Waals surface area contributed by atoms with Gasteiger partial charge in [-0.25, -0.2) is 0 Å². The zero-order valence-corrected chi connectivity index (χ0v) is 14.1. The summed E-state index contributed by atoms with van der Waals surface area (Å²) in [5.41, 5.74) is 1.95. The van der Waals surface area contributed by atoms with Crippen LogP contribution in [-0.2, 0) is 6.54 Å². The molecular formula is C20H29NO. The van der Waals surface area contributed by atoms with Crippen LogP contribution in [0.25, 0.3) is 0 Å². The highest BCUT2D eigenvalue weighted by molar-refractivity contribution is 5.27. The van der Waals surface area contributed by atoms with E-state index in [-0.39, 0.29) is 0 Å². The van der Waals surface area contributed by atoms with E-state index in [1.807, 2.05) is 0 Å². The van der Waals surface area contributed by atoms with E-state index < -0.39 is 0 Å². The van der Waals surface area contributed by atoms with E-state index >= 15 is 0 Å². The van der Waals surface area contributed by atoms with Gasteiger partial charge in [0, 0.05) is 12.1 Å². The van der Waals surface area contributed by atoms with Crippen molar-refractivity contribution in [3.8, 4) is 5.75 Å². The minimum absolute atomic E-state index is 0.517. The van der Waals surface area contributed by atoms with Gasteiger partial charge in [-0.05, 0) is 80.5 Å². The van der Waals surface area contributed by atoms with E-state index in [0.717, 1.165) is 30.0 Å². The molecule has 4 fully saturated rings. The molecule has 5 rings (SSSR count). The summed E-state index contributed by atoms with van der Waals surface area (Å²) in [5, 5.41) is 0. The number of rotatable bonds is 5. The van der Waals surface area contributed by atoms with Crippen LogP contribution in [0.4, 0.5) is 0 Å². The van der Waals surface area contributed by atoms with Crippen molar-refractivity contribution in [3.05, 3.63) is 29.8 Å². The Morgan fingerprint density at radius 2 is 1.55 bits per heavy atom. The molecule has 4 bridgehead atoms. The summed E-state index contributed by atoms with van der Waals surface area (Å²) in [5.74, 6) is 4.03. The number of ether oxygens (including phenoxy) is 1. The molecule has 22 heavy (non-hydrogen) atoms. The van der Waals surface area contributed by atoms with Crippen molar-refractivity contribution >= 4 is 0 Å². The highest BCUT2D eigenvalue weighted by Gasteiger charge is 2.52. The van der Waals surface area contributed by atoms with Gasteiger partial charge in [0.1, 0.15) is 5.75 Å². The first-order valence-corrected chi connectivity index (χ1v) is 9.09. The van der Waals surface area contributed by atoms with E-state index in [4.69, 9.17) is 4.74 Å². The second kappa shape index (κ2) is 5.56. The average molecular weight is 299 g/mol. The highest BCUT2D eigenvalue weighted by Crippen LogP contribution is 2.57. The predicted octanol–water partition coefficient (Wildman–Crippen LogP) is 4.49. The topological polar surface area (TPSA) is 12.5 Å². The molecule has 4 saturated carbocycles. The van der Waals surface area contributed by atoms with E-state index in [1.165, 1.54) is 50.6 Å². The fourth-order valence-electron chi connectivity index (χ4n) is 6.02. The van der Waals surface area contributed by atoms with Crippen LogP contribution >= 0.6 is 0 Å². The predicted molar refractivity (Wildman–Crippen MR) is 90.0 cm³/mol. The molecule has 1 aromatic rings. The third-order valence-electron chi connectivity index (χ3n) is 6.59. The second-order valence-corrected chi connectivity index (χ2v) is 8.00. The zero-order chi connectivity index (χ0) is 15.2. The first-order chi connectivity index (χ1) is 10.7. The molecule has 0 spiro atoms. The van der Waals surface area contributed by atoms with Crippen LogP contribution in [0, 0.1) is 17.8 Å². The monoisotopic (exact) mass is 299 g/mol. The van der Waals surface area contributed by atoms with Crippen molar-refractivity contribution < 1.29 is 4.74 Å². The molecule has 2 heteroatoms. The van der Waals surface area contributed by atoms with E-state index in [0.29, 0.717) is 5.54 Å². The Balaban J connectivity index is 1.53. The molecule has 0 radical (unpaired) electrons. The molecule has 120 valence electrons. The third kappa shape index (κ3) is 2.46. The second-order valence-electron chi connectivity index (χ2n) is 8.00. The number of hydrogen-bond acceptors (Lipinski definition) is 2. The molecule has 0 aliphatic heterocycles. The van der Waals surface area contributed by atoms with Gasteiger partial charge in [0.05, 0.1) is 7.11 Å². The molecule has 0 heterocycles. The van der Waals surface area contributed by atoms with Gasteiger partial charge in [-0.3, -0.25) is 4.90 Å². The summed E-state index contributed by atoms with van der Waals surface area (Å²) in [4.78, 5) is 2.80. The minimum Gasteiger partial charge on any atom is -0.497 e. The zero-order valence-electron chi connectivity index (χ0n) is 14.1. The van der Waals surface area contributed by atoms with Crippen molar-refractivity contribution in [2.75, 3.05) is 13.7 Å². The first kappa shape index (κ1) is 14.6. The summed E-state index contributed by atoms with van der Waals surface area (Å²) < 4.78 is 5.29.